The smallest absolute Gasteiger partial charge is 0.139 e. The Hall–Kier alpha value is -0.630. The third-order valence-electron chi connectivity index (χ3n) is 8.78. The highest BCUT2D eigenvalue weighted by atomic mass is 16.5. The molecular formula is C22H34O2. The van der Waals surface area contributed by atoms with Crippen LogP contribution in [-0.2, 0) is 9.53 Å². The summed E-state index contributed by atoms with van der Waals surface area (Å²) in [6.07, 6.45) is 13.3. The number of fused-ring (bicyclic) bond motifs is 5. The molecule has 2 heteroatoms. The molecule has 0 bridgehead atoms. The molecule has 24 heavy (non-hydrogen) atoms. The van der Waals surface area contributed by atoms with E-state index in [0.29, 0.717) is 29.8 Å². The van der Waals surface area contributed by atoms with Crippen molar-refractivity contribution in [2.45, 2.75) is 77.7 Å². The van der Waals surface area contributed by atoms with Crippen molar-refractivity contribution in [1.29, 1.82) is 0 Å². The highest BCUT2D eigenvalue weighted by molar-refractivity contribution is 5.87. The molecule has 1 unspecified atom stereocenters. The highest BCUT2D eigenvalue weighted by Crippen LogP contribution is 2.65. The Balaban J connectivity index is 1.52. The molecule has 0 heterocycles. The first kappa shape index (κ1) is 16.8. The van der Waals surface area contributed by atoms with Crippen molar-refractivity contribution in [2.24, 2.45) is 34.5 Å². The second-order valence-corrected chi connectivity index (χ2v) is 9.59. The van der Waals surface area contributed by atoms with Gasteiger partial charge >= 0.3 is 0 Å². The van der Waals surface area contributed by atoms with Crippen molar-refractivity contribution >= 4 is 5.78 Å². The van der Waals surface area contributed by atoms with Gasteiger partial charge in [-0.05, 0) is 80.5 Å². The summed E-state index contributed by atoms with van der Waals surface area (Å²) in [6, 6.07) is 0. The Kier molecular flexibility index (Phi) is 4.18. The number of carbonyl (C=O) groups is 1. The molecule has 0 amide bonds. The lowest BCUT2D eigenvalue weighted by atomic mass is 9.45. The molecule has 0 aromatic carbocycles. The van der Waals surface area contributed by atoms with Crippen LogP contribution in [0.1, 0.15) is 71.6 Å². The minimum atomic E-state index is 0.0225. The fourth-order valence-electron chi connectivity index (χ4n) is 7.35. The number of carbonyl (C=O) groups excluding carboxylic acids is 1. The molecule has 4 rings (SSSR count). The molecule has 4 saturated carbocycles. The molecule has 2 nitrogen and oxygen atoms in total. The van der Waals surface area contributed by atoms with E-state index in [-0.39, 0.29) is 5.41 Å². The van der Waals surface area contributed by atoms with Crippen molar-refractivity contribution in [2.75, 3.05) is 6.61 Å². The van der Waals surface area contributed by atoms with Gasteiger partial charge < -0.3 is 4.74 Å². The van der Waals surface area contributed by atoms with Gasteiger partial charge in [-0.1, -0.05) is 19.9 Å². The predicted octanol–water partition coefficient (Wildman–Crippen LogP) is 5.17. The number of hydrogen-bond acceptors (Lipinski definition) is 2. The van der Waals surface area contributed by atoms with Crippen LogP contribution in [0.5, 0.6) is 0 Å². The van der Waals surface area contributed by atoms with E-state index < -0.39 is 0 Å². The van der Waals surface area contributed by atoms with E-state index >= 15 is 0 Å². The Morgan fingerprint density at radius 1 is 1.12 bits per heavy atom. The number of rotatable bonds is 3. The summed E-state index contributed by atoms with van der Waals surface area (Å²) in [5.74, 6) is 3.72. The van der Waals surface area contributed by atoms with Crippen molar-refractivity contribution < 1.29 is 9.53 Å². The maximum absolute atomic E-state index is 12.5. The van der Waals surface area contributed by atoms with Crippen molar-refractivity contribution in [1.82, 2.24) is 0 Å². The van der Waals surface area contributed by atoms with Crippen molar-refractivity contribution in [3.8, 4) is 0 Å². The fraction of sp³-hybridized carbons (Fsp3) is 0.864. The van der Waals surface area contributed by atoms with Gasteiger partial charge in [0.05, 0.1) is 12.7 Å². The third kappa shape index (κ3) is 2.35. The van der Waals surface area contributed by atoms with Crippen LogP contribution in [0, 0.1) is 34.5 Å². The Labute approximate surface area is 147 Å². The average molecular weight is 331 g/mol. The summed E-state index contributed by atoms with van der Waals surface area (Å²) < 4.78 is 6.00. The van der Waals surface area contributed by atoms with E-state index in [2.05, 4.69) is 20.4 Å². The van der Waals surface area contributed by atoms with Crippen LogP contribution in [0.15, 0.2) is 12.7 Å². The lowest BCUT2D eigenvalue weighted by Crippen LogP contribution is -2.54. The summed E-state index contributed by atoms with van der Waals surface area (Å²) in [6.45, 7) is 9.35. The monoisotopic (exact) mass is 330 g/mol. The van der Waals surface area contributed by atoms with Gasteiger partial charge in [0.25, 0.3) is 0 Å². The topological polar surface area (TPSA) is 26.3 Å². The van der Waals surface area contributed by atoms with Gasteiger partial charge in [0.2, 0.25) is 0 Å². The summed E-state index contributed by atoms with van der Waals surface area (Å²) >= 11 is 0. The van der Waals surface area contributed by atoms with Gasteiger partial charge in [0.15, 0.2) is 0 Å². The van der Waals surface area contributed by atoms with Crippen LogP contribution >= 0.6 is 0 Å². The quantitative estimate of drug-likeness (QED) is 0.667. The molecule has 4 aliphatic rings. The third-order valence-corrected chi connectivity index (χ3v) is 8.78. The minimum absolute atomic E-state index is 0.0225. The molecule has 0 aromatic rings. The van der Waals surface area contributed by atoms with E-state index in [1.54, 1.807) is 0 Å². The second kappa shape index (κ2) is 5.97. The molecule has 0 aliphatic heterocycles. The van der Waals surface area contributed by atoms with Gasteiger partial charge in [0, 0.05) is 11.8 Å². The van der Waals surface area contributed by atoms with E-state index in [1.165, 1.54) is 44.9 Å². The SMILES string of the molecule is C=CCO[C@@H]1CC[C@@]2(C)C(CC[C@@H]3[C@@H]2CC[C@]2(C)C(=O)CC[C@@H]32)C1. The molecular weight excluding hydrogens is 296 g/mol. The van der Waals surface area contributed by atoms with Crippen LogP contribution in [0.2, 0.25) is 0 Å². The van der Waals surface area contributed by atoms with Crippen molar-refractivity contribution in [3.05, 3.63) is 12.7 Å². The first-order valence-electron chi connectivity index (χ1n) is 10.2. The lowest BCUT2D eigenvalue weighted by Gasteiger charge is -2.60. The van der Waals surface area contributed by atoms with Gasteiger partial charge in [-0.25, -0.2) is 0 Å². The van der Waals surface area contributed by atoms with Gasteiger partial charge in [-0.15, -0.1) is 6.58 Å². The molecule has 0 spiro atoms. The van der Waals surface area contributed by atoms with Crippen LogP contribution in [-0.4, -0.2) is 18.5 Å². The summed E-state index contributed by atoms with van der Waals surface area (Å²) in [7, 11) is 0. The molecule has 0 saturated heterocycles. The molecule has 4 aliphatic carbocycles. The van der Waals surface area contributed by atoms with Crippen LogP contribution in [0.3, 0.4) is 0 Å². The maximum Gasteiger partial charge on any atom is 0.139 e. The normalized spacial score (nSPS) is 50.8. The molecule has 4 fully saturated rings. The molecule has 0 radical (unpaired) electrons. The first-order valence-corrected chi connectivity index (χ1v) is 10.2. The van der Waals surface area contributed by atoms with Gasteiger partial charge in [-0.3, -0.25) is 4.79 Å². The summed E-state index contributed by atoms with van der Waals surface area (Å²) in [5.41, 5.74) is 0.512. The largest absolute Gasteiger partial charge is 0.374 e. The van der Waals surface area contributed by atoms with Crippen LogP contribution in [0.25, 0.3) is 0 Å². The molecule has 134 valence electrons. The first-order chi connectivity index (χ1) is 11.5. The van der Waals surface area contributed by atoms with Crippen LogP contribution < -0.4 is 0 Å². The average Bonchev–Trinajstić information content (AvgIpc) is 2.88. The molecule has 0 aromatic heterocycles. The summed E-state index contributed by atoms with van der Waals surface area (Å²) in [5, 5.41) is 0. The zero-order valence-electron chi connectivity index (χ0n) is 15.6. The summed E-state index contributed by atoms with van der Waals surface area (Å²) in [4.78, 5) is 12.5. The van der Waals surface area contributed by atoms with Gasteiger partial charge in [0.1, 0.15) is 5.78 Å². The Morgan fingerprint density at radius 3 is 2.75 bits per heavy atom. The van der Waals surface area contributed by atoms with Crippen molar-refractivity contribution in [3.63, 3.8) is 0 Å². The second-order valence-electron chi connectivity index (χ2n) is 9.59. The number of hydrogen-bond donors (Lipinski definition) is 0. The maximum atomic E-state index is 12.5. The number of Topliss-reactive ketones (excluding diaryl/α,β-unsaturated/α-hetero) is 1. The minimum Gasteiger partial charge on any atom is -0.374 e. The van der Waals surface area contributed by atoms with E-state index in [4.69, 9.17) is 4.74 Å². The van der Waals surface area contributed by atoms with Crippen LogP contribution in [0.4, 0.5) is 0 Å². The predicted molar refractivity (Wildman–Crippen MR) is 96.7 cm³/mol. The zero-order valence-corrected chi connectivity index (χ0v) is 15.6. The van der Waals surface area contributed by atoms with Gasteiger partial charge in [-0.2, -0.15) is 0 Å². The highest BCUT2D eigenvalue weighted by Gasteiger charge is 2.60. The molecule has 7 atom stereocenters. The standard InChI is InChI=1S/C22H34O2/c1-4-13-24-16-9-11-21(2)15(14-16)5-6-17-18-7-8-20(23)22(18,3)12-10-19(17)21/h4,15-19H,1,5-14H2,2-3H3/t15?,16-,17+,18+,19+,21+,22+/m1/s1. The zero-order chi connectivity index (χ0) is 16.9. The number of ketones is 1. The van der Waals surface area contributed by atoms with E-state index in [0.717, 1.165) is 30.6 Å². The van der Waals surface area contributed by atoms with E-state index in [1.807, 2.05) is 6.08 Å². The lowest BCUT2D eigenvalue weighted by molar-refractivity contribution is -0.144. The Morgan fingerprint density at radius 2 is 1.96 bits per heavy atom. The number of ether oxygens (including phenoxy) is 1. The van der Waals surface area contributed by atoms with E-state index in [9.17, 15) is 4.79 Å². The Bertz CT molecular complexity index is 526. The molecule has 0 N–H and O–H groups in total. The fourth-order valence-corrected chi connectivity index (χ4v) is 7.35.